The first-order valence-corrected chi connectivity index (χ1v) is 9.79. The van der Waals surface area contributed by atoms with E-state index in [4.69, 9.17) is 9.47 Å². The molecule has 0 saturated carbocycles. The Kier molecular flexibility index (Phi) is 9.05. The van der Waals surface area contributed by atoms with E-state index >= 15 is 0 Å². The van der Waals surface area contributed by atoms with Gasteiger partial charge in [-0.3, -0.25) is 0 Å². The van der Waals surface area contributed by atoms with E-state index in [0.29, 0.717) is 0 Å². The van der Waals surface area contributed by atoms with E-state index in [2.05, 4.69) is 37.1 Å². The minimum Gasteiger partial charge on any atom is -0.496 e. The van der Waals surface area contributed by atoms with Gasteiger partial charge in [0.25, 0.3) is 0 Å². The molecule has 2 rings (SSSR count). The highest BCUT2D eigenvalue weighted by Crippen LogP contribution is 2.33. The molecule has 2 aromatic carbocycles. The fourth-order valence-corrected chi connectivity index (χ4v) is 3.01. The molecule has 0 aliphatic rings. The summed E-state index contributed by atoms with van der Waals surface area (Å²) < 4.78 is 11.5. The van der Waals surface area contributed by atoms with Gasteiger partial charge < -0.3 is 14.4 Å². The van der Waals surface area contributed by atoms with Gasteiger partial charge in [0.15, 0.2) is 0 Å². The third-order valence-corrected chi connectivity index (χ3v) is 4.60. The molecule has 0 radical (unpaired) electrons. The third kappa shape index (κ3) is 6.72. The topological polar surface area (TPSA) is 21.7 Å². The summed E-state index contributed by atoms with van der Waals surface area (Å²) in [6.07, 6.45) is 6.09. The van der Waals surface area contributed by atoms with Crippen LogP contribution in [-0.2, 0) is 0 Å². The van der Waals surface area contributed by atoms with Gasteiger partial charge in [0.2, 0.25) is 0 Å². The Labute approximate surface area is 158 Å². The second-order valence-electron chi connectivity index (χ2n) is 6.79. The third-order valence-electron chi connectivity index (χ3n) is 4.60. The van der Waals surface area contributed by atoms with Crippen molar-refractivity contribution in [1.29, 1.82) is 0 Å². The fraction of sp³-hybridized carbons (Fsp3) is 0.478. The first kappa shape index (κ1) is 20.3. The van der Waals surface area contributed by atoms with E-state index < -0.39 is 0 Å². The van der Waals surface area contributed by atoms with E-state index in [1.54, 1.807) is 7.11 Å². The molecule has 0 spiro atoms. The Morgan fingerprint density at radius 3 is 2.38 bits per heavy atom. The molecule has 0 fully saturated rings. The van der Waals surface area contributed by atoms with Gasteiger partial charge in [-0.1, -0.05) is 43.7 Å². The average Bonchev–Trinajstić information content (AvgIpc) is 2.69. The van der Waals surface area contributed by atoms with Gasteiger partial charge >= 0.3 is 0 Å². The number of hydrogen-bond donors (Lipinski definition) is 0. The maximum Gasteiger partial charge on any atom is 0.130 e. The molecule has 0 aromatic heterocycles. The van der Waals surface area contributed by atoms with Gasteiger partial charge in [-0.15, -0.1) is 0 Å². The predicted octanol–water partition coefficient (Wildman–Crippen LogP) is 5.64. The summed E-state index contributed by atoms with van der Waals surface area (Å²) in [5.41, 5.74) is 2.25. The lowest BCUT2D eigenvalue weighted by Gasteiger charge is -2.16. The molecule has 3 heteroatoms. The van der Waals surface area contributed by atoms with Gasteiger partial charge in [0.05, 0.1) is 13.7 Å². The molecule has 0 aliphatic carbocycles. The molecule has 0 bridgehead atoms. The summed E-state index contributed by atoms with van der Waals surface area (Å²) in [6, 6.07) is 16.4. The molecule has 3 nitrogen and oxygen atoms in total. The average molecular weight is 356 g/mol. The Bertz CT molecular complexity index is 627. The van der Waals surface area contributed by atoms with Crippen molar-refractivity contribution in [3.05, 3.63) is 48.5 Å². The van der Waals surface area contributed by atoms with Crippen LogP contribution in [0, 0.1) is 0 Å². The van der Waals surface area contributed by atoms with Crippen molar-refractivity contribution in [3.8, 4) is 22.6 Å². The maximum absolute atomic E-state index is 5.92. The Morgan fingerprint density at radius 2 is 1.65 bits per heavy atom. The van der Waals surface area contributed by atoms with Crippen molar-refractivity contribution in [2.75, 3.05) is 33.9 Å². The molecule has 142 valence electrons. The molecule has 0 heterocycles. The first-order valence-electron chi connectivity index (χ1n) is 9.79. The molecule has 0 amide bonds. The highest BCUT2D eigenvalue weighted by Gasteiger charge is 2.07. The summed E-state index contributed by atoms with van der Waals surface area (Å²) in [7, 11) is 3.92. The van der Waals surface area contributed by atoms with Gasteiger partial charge in [-0.05, 0) is 63.5 Å². The van der Waals surface area contributed by atoms with Crippen molar-refractivity contribution in [1.82, 2.24) is 4.90 Å². The highest BCUT2D eigenvalue weighted by molar-refractivity contribution is 5.71. The summed E-state index contributed by atoms with van der Waals surface area (Å²) in [5, 5.41) is 0. The minimum atomic E-state index is 0.756. The molecular formula is C23H33NO2. The lowest BCUT2D eigenvalue weighted by Crippen LogP contribution is -2.20. The molecular weight excluding hydrogens is 322 g/mol. The van der Waals surface area contributed by atoms with E-state index in [9.17, 15) is 0 Å². The quantitative estimate of drug-likeness (QED) is 0.460. The second kappa shape index (κ2) is 11.6. The van der Waals surface area contributed by atoms with Crippen LogP contribution in [0.1, 0.15) is 39.0 Å². The Balaban J connectivity index is 1.75. The molecule has 0 atom stereocenters. The SMILES string of the molecule is CCCCN(C)CCCCCOc1ccc(-c2ccccc2)c(OC)c1. The van der Waals surface area contributed by atoms with E-state index in [0.717, 1.165) is 35.7 Å². The number of nitrogens with zero attached hydrogens (tertiary/aromatic N) is 1. The molecule has 0 saturated heterocycles. The van der Waals surface area contributed by atoms with Crippen LogP contribution in [-0.4, -0.2) is 38.8 Å². The zero-order valence-corrected chi connectivity index (χ0v) is 16.5. The van der Waals surface area contributed by atoms with Crippen LogP contribution < -0.4 is 9.47 Å². The van der Waals surface area contributed by atoms with Crippen molar-refractivity contribution < 1.29 is 9.47 Å². The Morgan fingerprint density at radius 1 is 0.885 bits per heavy atom. The van der Waals surface area contributed by atoms with Crippen molar-refractivity contribution in [2.24, 2.45) is 0 Å². The van der Waals surface area contributed by atoms with Crippen LogP contribution in [0.2, 0.25) is 0 Å². The lowest BCUT2D eigenvalue weighted by atomic mass is 10.0. The number of methoxy groups -OCH3 is 1. The summed E-state index contributed by atoms with van der Waals surface area (Å²) in [4.78, 5) is 2.43. The van der Waals surface area contributed by atoms with Crippen molar-refractivity contribution in [2.45, 2.75) is 39.0 Å². The van der Waals surface area contributed by atoms with Gasteiger partial charge in [-0.2, -0.15) is 0 Å². The molecule has 2 aromatic rings. The standard InChI is InChI=1S/C23H33NO2/c1-4-5-16-24(2)17-10-7-11-18-26-21-14-15-22(23(19-21)25-3)20-12-8-6-9-13-20/h6,8-9,12-15,19H,4-5,7,10-11,16-18H2,1-3H3. The van der Waals surface area contributed by atoms with E-state index in [1.165, 1.54) is 38.8 Å². The van der Waals surface area contributed by atoms with Crippen LogP contribution in [0.4, 0.5) is 0 Å². The van der Waals surface area contributed by atoms with Crippen LogP contribution in [0.25, 0.3) is 11.1 Å². The predicted molar refractivity (Wildman–Crippen MR) is 110 cm³/mol. The zero-order chi connectivity index (χ0) is 18.6. The zero-order valence-electron chi connectivity index (χ0n) is 16.5. The summed E-state index contributed by atoms with van der Waals surface area (Å²) in [6.45, 7) is 5.39. The van der Waals surface area contributed by atoms with Gasteiger partial charge in [0.1, 0.15) is 11.5 Å². The lowest BCUT2D eigenvalue weighted by molar-refractivity contribution is 0.287. The van der Waals surface area contributed by atoms with Gasteiger partial charge in [0, 0.05) is 11.6 Å². The normalized spacial score (nSPS) is 10.9. The molecule has 26 heavy (non-hydrogen) atoms. The van der Waals surface area contributed by atoms with Crippen LogP contribution >= 0.6 is 0 Å². The fourth-order valence-electron chi connectivity index (χ4n) is 3.01. The van der Waals surface area contributed by atoms with E-state index in [-0.39, 0.29) is 0 Å². The number of rotatable bonds is 12. The second-order valence-corrected chi connectivity index (χ2v) is 6.79. The maximum atomic E-state index is 5.92. The number of unbranched alkanes of at least 4 members (excludes halogenated alkanes) is 3. The van der Waals surface area contributed by atoms with Crippen LogP contribution in [0.5, 0.6) is 11.5 Å². The first-order chi connectivity index (χ1) is 12.7. The highest BCUT2D eigenvalue weighted by atomic mass is 16.5. The summed E-state index contributed by atoms with van der Waals surface area (Å²) in [5.74, 6) is 1.73. The molecule has 0 N–H and O–H groups in total. The van der Waals surface area contributed by atoms with Crippen LogP contribution in [0.3, 0.4) is 0 Å². The molecule has 0 unspecified atom stereocenters. The van der Waals surface area contributed by atoms with Crippen molar-refractivity contribution in [3.63, 3.8) is 0 Å². The monoisotopic (exact) mass is 355 g/mol. The summed E-state index contributed by atoms with van der Waals surface area (Å²) >= 11 is 0. The molecule has 0 aliphatic heterocycles. The van der Waals surface area contributed by atoms with Gasteiger partial charge in [-0.25, -0.2) is 0 Å². The minimum absolute atomic E-state index is 0.756. The van der Waals surface area contributed by atoms with Crippen molar-refractivity contribution >= 4 is 0 Å². The number of benzene rings is 2. The Hall–Kier alpha value is -2.00. The number of hydrogen-bond acceptors (Lipinski definition) is 3. The number of ether oxygens (including phenoxy) is 2. The smallest absolute Gasteiger partial charge is 0.130 e. The van der Waals surface area contributed by atoms with Crippen LogP contribution in [0.15, 0.2) is 48.5 Å². The van der Waals surface area contributed by atoms with E-state index in [1.807, 2.05) is 30.3 Å². The largest absolute Gasteiger partial charge is 0.496 e.